The molecule has 0 bridgehead atoms. The summed E-state index contributed by atoms with van der Waals surface area (Å²) in [5.41, 5.74) is 0.104. The summed E-state index contributed by atoms with van der Waals surface area (Å²) in [6.07, 6.45) is 0.0842. The van der Waals surface area contributed by atoms with Gasteiger partial charge < -0.3 is 14.4 Å². The minimum atomic E-state index is -1.20. The van der Waals surface area contributed by atoms with E-state index < -0.39 is 23.9 Å². The SMILES string of the molecule is COc1cc2nn([C@@H]3CN(C(=O)OC(C)(C)C)CC3F)cc2cc1Br. The minimum absolute atomic E-state index is 0.00278. The summed E-state index contributed by atoms with van der Waals surface area (Å²) in [5.74, 6) is 0.663. The Bertz CT molecular complexity index is 802. The molecule has 1 fully saturated rings. The van der Waals surface area contributed by atoms with E-state index in [4.69, 9.17) is 9.47 Å². The molecule has 0 radical (unpaired) electrons. The average molecular weight is 414 g/mol. The van der Waals surface area contributed by atoms with E-state index in [1.807, 2.05) is 6.07 Å². The summed E-state index contributed by atoms with van der Waals surface area (Å²) in [4.78, 5) is 13.6. The molecular formula is C17H21BrFN3O3. The fraction of sp³-hybridized carbons (Fsp3) is 0.529. The first-order valence-corrected chi connectivity index (χ1v) is 8.81. The van der Waals surface area contributed by atoms with Crippen LogP contribution in [0, 0.1) is 0 Å². The maximum absolute atomic E-state index is 14.5. The molecule has 0 saturated carbocycles. The Kier molecular flexibility index (Phi) is 4.66. The number of halogens is 2. The number of benzene rings is 1. The Hall–Kier alpha value is -1.83. The van der Waals surface area contributed by atoms with Crippen molar-refractivity contribution in [2.75, 3.05) is 20.2 Å². The highest BCUT2D eigenvalue weighted by Gasteiger charge is 2.39. The molecule has 1 aromatic heterocycles. The van der Waals surface area contributed by atoms with Crippen molar-refractivity contribution in [3.8, 4) is 5.75 Å². The largest absolute Gasteiger partial charge is 0.495 e. The first-order chi connectivity index (χ1) is 11.7. The van der Waals surface area contributed by atoms with Crippen LogP contribution < -0.4 is 4.74 Å². The Labute approximate surface area is 154 Å². The number of amides is 1. The number of ether oxygens (including phenoxy) is 2. The second-order valence-corrected chi connectivity index (χ2v) is 7.98. The maximum atomic E-state index is 14.5. The van der Waals surface area contributed by atoms with Gasteiger partial charge in [-0.25, -0.2) is 9.18 Å². The van der Waals surface area contributed by atoms with Crippen LogP contribution in [-0.4, -0.2) is 52.7 Å². The number of carbonyl (C=O) groups is 1. The molecule has 136 valence electrons. The topological polar surface area (TPSA) is 56.6 Å². The van der Waals surface area contributed by atoms with E-state index in [0.717, 1.165) is 9.86 Å². The summed E-state index contributed by atoms with van der Waals surface area (Å²) in [6.45, 7) is 5.59. The van der Waals surface area contributed by atoms with Crippen molar-refractivity contribution in [2.45, 2.75) is 38.6 Å². The second-order valence-electron chi connectivity index (χ2n) is 7.12. The summed E-state index contributed by atoms with van der Waals surface area (Å²) in [5, 5.41) is 5.33. The lowest BCUT2D eigenvalue weighted by Gasteiger charge is -2.24. The highest BCUT2D eigenvalue weighted by atomic mass is 79.9. The van der Waals surface area contributed by atoms with Crippen LogP contribution in [0.2, 0.25) is 0 Å². The van der Waals surface area contributed by atoms with Crippen molar-refractivity contribution in [1.29, 1.82) is 0 Å². The van der Waals surface area contributed by atoms with Crippen molar-refractivity contribution in [3.05, 3.63) is 22.8 Å². The molecule has 1 saturated heterocycles. The fourth-order valence-corrected chi connectivity index (χ4v) is 3.36. The van der Waals surface area contributed by atoms with E-state index in [1.54, 1.807) is 44.8 Å². The van der Waals surface area contributed by atoms with Gasteiger partial charge in [0.2, 0.25) is 0 Å². The zero-order valence-electron chi connectivity index (χ0n) is 14.6. The zero-order valence-corrected chi connectivity index (χ0v) is 16.2. The number of fused-ring (bicyclic) bond motifs is 1. The molecule has 6 nitrogen and oxygen atoms in total. The normalized spacial score (nSPS) is 21.0. The fourth-order valence-electron chi connectivity index (χ4n) is 2.84. The molecular weight excluding hydrogens is 393 g/mol. The van der Waals surface area contributed by atoms with E-state index in [1.165, 1.54) is 4.90 Å². The van der Waals surface area contributed by atoms with Gasteiger partial charge in [0.15, 0.2) is 0 Å². The summed E-state index contributed by atoms with van der Waals surface area (Å²) >= 11 is 3.43. The van der Waals surface area contributed by atoms with Crippen LogP contribution in [0.15, 0.2) is 22.8 Å². The lowest BCUT2D eigenvalue weighted by Crippen LogP contribution is -2.35. The molecule has 2 aromatic rings. The lowest BCUT2D eigenvalue weighted by molar-refractivity contribution is 0.0281. The zero-order chi connectivity index (χ0) is 18.4. The monoisotopic (exact) mass is 413 g/mol. The lowest BCUT2D eigenvalue weighted by atomic mass is 10.2. The number of rotatable bonds is 2. The van der Waals surface area contributed by atoms with Crippen LogP contribution >= 0.6 is 15.9 Å². The third-order valence-corrected chi connectivity index (χ3v) is 4.63. The molecule has 0 aliphatic carbocycles. The van der Waals surface area contributed by atoms with Gasteiger partial charge >= 0.3 is 6.09 Å². The van der Waals surface area contributed by atoms with Gasteiger partial charge in [-0.15, -0.1) is 0 Å². The summed E-state index contributed by atoms with van der Waals surface area (Å²) < 4.78 is 27.5. The van der Waals surface area contributed by atoms with Crippen LogP contribution in [0.25, 0.3) is 10.9 Å². The van der Waals surface area contributed by atoms with E-state index >= 15 is 0 Å². The first-order valence-electron chi connectivity index (χ1n) is 8.02. The van der Waals surface area contributed by atoms with Gasteiger partial charge in [-0.1, -0.05) is 0 Å². The van der Waals surface area contributed by atoms with Crippen LogP contribution in [0.3, 0.4) is 0 Å². The molecule has 8 heteroatoms. The molecule has 2 atom stereocenters. The van der Waals surface area contributed by atoms with Crippen LogP contribution in [0.5, 0.6) is 5.75 Å². The Morgan fingerprint density at radius 3 is 2.72 bits per heavy atom. The van der Waals surface area contributed by atoms with Gasteiger partial charge in [0, 0.05) is 24.2 Å². The minimum Gasteiger partial charge on any atom is -0.495 e. The number of carbonyl (C=O) groups excluding carboxylic acids is 1. The Balaban J connectivity index is 1.82. The standard InChI is InChI=1S/C17H21BrFN3O3/c1-17(2,3)25-16(23)21-8-12(19)14(9-21)22-7-10-5-11(18)15(24-4)6-13(10)20-22/h5-7,12,14H,8-9H2,1-4H3/t12?,14-/m1/s1. The number of hydrogen-bond donors (Lipinski definition) is 0. The molecule has 0 spiro atoms. The summed E-state index contributed by atoms with van der Waals surface area (Å²) in [7, 11) is 1.58. The highest BCUT2D eigenvalue weighted by Crippen LogP contribution is 2.32. The quantitative estimate of drug-likeness (QED) is 0.747. The van der Waals surface area contributed by atoms with Gasteiger partial charge in [-0.3, -0.25) is 4.68 Å². The van der Waals surface area contributed by atoms with E-state index in [9.17, 15) is 9.18 Å². The predicted octanol–water partition coefficient (Wildman–Crippen LogP) is 3.94. The summed E-state index contributed by atoms with van der Waals surface area (Å²) in [6, 6.07) is 3.14. The van der Waals surface area contributed by atoms with Crippen LogP contribution in [-0.2, 0) is 4.74 Å². The molecule has 25 heavy (non-hydrogen) atoms. The number of methoxy groups -OCH3 is 1. The van der Waals surface area contributed by atoms with Gasteiger partial charge in [0.1, 0.15) is 23.6 Å². The Morgan fingerprint density at radius 2 is 2.08 bits per heavy atom. The number of aromatic nitrogens is 2. The van der Waals surface area contributed by atoms with Gasteiger partial charge in [0.25, 0.3) is 0 Å². The van der Waals surface area contributed by atoms with Crippen molar-refractivity contribution < 1.29 is 18.7 Å². The average Bonchev–Trinajstić information content (AvgIpc) is 3.07. The van der Waals surface area contributed by atoms with Crippen molar-refractivity contribution in [3.63, 3.8) is 0 Å². The predicted molar refractivity (Wildman–Crippen MR) is 95.7 cm³/mol. The molecule has 3 rings (SSSR count). The Morgan fingerprint density at radius 1 is 1.36 bits per heavy atom. The van der Waals surface area contributed by atoms with Crippen molar-refractivity contribution in [2.24, 2.45) is 0 Å². The molecule has 0 N–H and O–H groups in total. The van der Waals surface area contributed by atoms with E-state index in [0.29, 0.717) is 11.3 Å². The highest BCUT2D eigenvalue weighted by molar-refractivity contribution is 9.10. The van der Waals surface area contributed by atoms with E-state index in [2.05, 4.69) is 21.0 Å². The number of hydrogen-bond acceptors (Lipinski definition) is 4. The van der Waals surface area contributed by atoms with E-state index in [-0.39, 0.29) is 13.1 Å². The van der Waals surface area contributed by atoms with Crippen molar-refractivity contribution in [1.82, 2.24) is 14.7 Å². The van der Waals surface area contributed by atoms with Gasteiger partial charge in [-0.2, -0.15) is 5.10 Å². The van der Waals surface area contributed by atoms with Crippen LogP contribution in [0.4, 0.5) is 9.18 Å². The number of alkyl halides is 1. The molecule has 1 unspecified atom stereocenters. The third kappa shape index (κ3) is 3.73. The first kappa shape index (κ1) is 18.0. The molecule has 1 aliphatic rings. The molecule has 2 heterocycles. The second kappa shape index (κ2) is 6.48. The maximum Gasteiger partial charge on any atom is 0.410 e. The number of nitrogens with zero attached hydrogens (tertiary/aromatic N) is 3. The molecule has 1 amide bonds. The number of likely N-dealkylation sites (tertiary alicyclic amines) is 1. The van der Waals surface area contributed by atoms with Crippen molar-refractivity contribution >= 4 is 32.9 Å². The molecule has 1 aromatic carbocycles. The van der Waals surface area contributed by atoms with Gasteiger partial charge in [-0.05, 0) is 42.8 Å². The smallest absolute Gasteiger partial charge is 0.410 e. The third-order valence-electron chi connectivity index (χ3n) is 4.01. The van der Waals surface area contributed by atoms with Crippen LogP contribution in [0.1, 0.15) is 26.8 Å². The molecule has 1 aliphatic heterocycles. The van der Waals surface area contributed by atoms with Gasteiger partial charge in [0.05, 0.1) is 23.6 Å².